The lowest BCUT2D eigenvalue weighted by Gasteiger charge is -2.42. The first-order valence-electron chi connectivity index (χ1n) is 9.29. The van der Waals surface area contributed by atoms with E-state index in [-0.39, 0.29) is 17.9 Å². The number of para-hydroxylation sites is 2. The van der Waals surface area contributed by atoms with E-state index >= 15 is 0 Å². The van der Waals surface area contributed by atoms with Crippen molar-refractivity contribution in [3.8, 4) is 11.5 Å². The summed E-state index contributed by atoms with van der Waals surface area (Å²) in [7, 11) is 5.55. The number of benzene rings is 1. The molecule has 1 atom stereocenters. The van der Waals surface area contributed by atoms with Gasteiger partial charge in [-0.1, -0.05) is 12.1 Å². The Balaban J connectivity index is 1.53. The normalized spacial score (nSPS) is 22.6. The topological polar surface area (TPSA) is 51.2 Å². The summed E-state index contributed by atoms with van der Waals surface area (Å²) in [6, 6.07) is 7.41. The van der Waals surface area contributed by atoms with Gasteiger partial charge >= 0.3 is 0 Å². The van der Waals surface area contributed by atoms with E-state index in [0.717, 1.165) is 45.6 Å². The molecule has 2 saturated heterocycles. The molecule has 2 aliphatic heterocycles. The highest BCUT2D eigenvalue weighted by molar-refractivity contribution is 5.78. The Morgan fingerprint density at radius 3 is 2.54 bits per heavy atom. The zero-order valence-corrected chi connectivity index (χ0v) is 16.1. The number of rotatable bonds is 6. The average Bonchev–Trinajstić information content (AvgIpc) is 2.95. The molecule has 0 aliphatic carbocycles. The van der Waals surface area contributed by atoms with Gasteiger partial charge in [0, 0.05) is 39.2 Å². The van der Waals surface area contributed by atoms with Crippen LogP contribution in [0.1, 0.15) is 12.8 Å². The van der Waals surface area contributed by atoms with E-state index in [4.69, 9.17) is 14.2 Å². The zero-order chi connectivity index (χ0) is 18.6. The zero-order valence-electron chi connectivity index (χ0n) is 16.1. The minimum atomic E-state index is 0.0420. The molecule has 1 aromatic carbocycles. The van der Waals surface area contributed by atoms with Crippen molar-refractivity contribution in [3.05, 3.63) is 24.3 Å². The van der Waals surface area contributed by atoms with Crippen LogP contribution >= 0.6 is 0 Å². The van der Waals surface area contributed by atoms with Crippen LogP contribution in [0, 0.1) is 11.3 Å². The van der Waals surface area contributed by atoms with Crippen molar-refractivity contribution < 1.29 is 19.0 Å². The van der Waals surface area contributed by atoms with Crippen LogP contribution in [0.15, 0.2) is 24.3 Å². The van der Waals surface area contributed by atoms with Crippen LogP contribution < -0.4 is 9.47 Å². The van der Waals surface area contributed by atoms with E-state index in [9.17, 15) is 4.79 Å². The largest absolute Gasteiger partial charge is 0.493 e. The number of amides is 1. The van der Waals surface area contributed by atoms with Gasteiger partial charge in [0.1, 0.15) is 0 Å². The second-order valence-electron chi connectivity index (χ2n) is 7.53. The standard InChI is InChI=1S/C20H30N2O4/c1-21-12-16(13-24-2)20(15-21)8-10-22(11-9-20)19(23)14-26-18-7-5-4-6-17(18)25-3/h4-7,16H,8-15H2,1-3H3/t16-/m0/s1. The summed E-state index contributed by atoms with van der Waals surface area (Å²) in [5.74, 6) is 1.85. The second kappa shape index (κ2) is 8.27. The third kappa shape index (κ3) is 3.96. The molecule has 6 nitrogen and oxygen atoms in total. The lowest BCUT2D eigenvalue weighted by molar-refractivity contribution is -0.136. The molecule has 1 spiro atoms. The molecule has 0 N–H and O–H groups in total. The predicted octanol–water partition coefficient (Wildman–Crippen LogP) is 1.89. The maximum atomic E-state index is 12.6. The van der Waals surface area contributed by atoms with Crippen LogP contribution in [0.25, 0.3) is 0 Å². The van der Waals surface area contributed by atoms with Gasteiger partial charge < -0.3 is 24.0 Å². The lowest BCUT2D eigenvalue weighted by atomic mass is 9.71. The number of nitrogens with zero attached hydrogens (tertiary/aromatic N) is 2. The van der Waals surface area contributed by atoms with Gasteiger partial charge in [-0.15, -0.1) is 0 Å². The van der Waals surface area contributed by atoms with Crippen molar-refractivity contribution in [1.29, 1.82) is 0 Å². The number of ether oxygens (including phenoxy) is 3. The van der Waals surface area contributed by atoms with Crippen LogP contribution in [0.4, 0.5) is 0 Å². The Morgan fingerprint density at radius 2 is 1.88 bits per heavy atom. The van der Waals surface area contributed by atoms with Gasteiger partial charge in [-0.25, -0.2) is 0 Å². The molecule has 0 aromatic heterocycles. The summed E-state index contributed by atoms with van der Waals surface area (Å²) in [6.45, 7) is 4.62. The van der Waals surface area contributed by atoms with Crippen molar-refractivity contribution >= 4 is 5.91 Å². The highest BCUT2D eigenvalue weighted by Crippen LogP contribution is 2.44. The molecule has 6 heteroatoms. The van der Waals surface area contributed by atoms with Gasteiger partial charge in [0.15, 0.2) is 18.1 Å². The SMILES string of the molecule is COC[C@@H]1CN(C)CC12CCN(C(=O)COc1ccccc1OC)CC2. The van der Waals surface area contributed by atoms with Gasteiger partial charge in [0.25, 0.3) is 5.91 Å². The van der Waals surface area contributed by atoms with Crippen LogP contribution in [0.5, 0.6) is 11.5 Å². The van der Waals surface area contributed by atoms with Crippen molar-refractivity contribution in [2.75, 3.05) is 60.7 Å². The molecule has 0 saturated carbocycles. The van der Waals surface area contributed by atoms with E-state index in [1.807, 2.05) is 29.2 Å². The monoisotopic (exact) mass is 362 g/mol. The molecule has 144 valence electrons. The van der Waals surface area contributed by atoms with Crippen LogP contribution in [0.3, 0.4) is 0 Å². The first kappa shape index (κ1) is 19.0. The quantitative estimate of drug-likeness (QED) is 0.774. The Morgan fingerprint density at radius 1 is 1.19 bits per heavy atom. The van der Waals surface area contributed by atoms with E-state index in [1.165, 1.54) is 0 Å². The highest BCUT2D eigenvalue weighted by Gasteiger charge is 2.47. The minimum Gasteiger partial charge on any atom is -0.493 e. The maximum absolute atomic E-state index is 12.6. The smallest absolute Gasteiger partial charge is 0.260 e. The fraction of sp³-hybridized carbons (Fsp3) is 0.650. The van der Waals surface area contributed by atoms with Gasteiger partial charge in [0.2, 0.25) is 0 Å². The fourth-order valence-electron chi connectivity index (χ4n) is 4.47. The first-order valence-corrected chi connectivity index (χ1v) is 9.29. The number of methoxy groups -OCH3 is 2. The molecule has 2 aliphatic rings. The van der Waals surface area contributed by atoms with Gasteiger partial charge in [-0.05, 0) is 37.4 Å². The maximum Gasteiger partial charge on any atom is 0.260 e. The second-order valence-corrected chi connectivity index (χ2v) is 7.53. The molecule has 0 radical (unpaired) electrons. The number of carbonyl (C=O) groups excluding carboxylic acids is 1. The van der Waals surface area contributed by atoms with Crippen LogP contribution in [-0.4, -0.2) is 76.4 Å². The molecule has 26 heavy (non-hydrogen) atoms. The van der Waals surface area contributed by atoms with Crippen molar-refractivity contribution in [2.24, 2.45) is 11.3 Å². The van der Waals surface area contributed by atoms with Gasteiger partial charge in [0.05, 0.1) is 13.7 Å². The van der Waals surface area contributed by atoms with Gasteiger partial charge in [-0.2, -0.15) is 0 Å². The summed E-state index contributed by atoms with van der Waals surface area (Å²) in [4.78, 5) is 16.9. The third-order valence-electron chi connectivity index (χ3n) is 5.88. The Hall–Kier alpha value is -1.79. The summed E-state index contributed by atoms with van der Waals surface area (Å²) in [6.07, 6.45) is 2.07. The number of piperidine rings is 1. The molecular weight excluding hydrogens is 332 g/mol. The fourth-order valence-corrected chi connectivity index (χ4v) is 4.47. The van der Waals surface area contributed by atoms with Crippen molar-refractivity contribution in [1.82, 2.24) is 9.80 Å². The van der Waals surface area contributed by atoms with E-state index in [0.29, 0.717) is 17.4 Å². The van der Waals surface area contributed by atoms with Crippen LogP contribution in [0.2, 0.25) is 0 Å². The third-order valence-corrected chi connectivity index (χ3v) is 5.88. The molecule has 1 amide bonds. The Kier molecular flexibility index (Phi) is 6.04. The Bertz CT molecular complexity index is 614. The van der Waals surface area contributed by atoms with E-state index < -0.39 is 0 Å². The predicted molar refractivity (Wildman–Crippen MR) is 99.6 cm³/mol. The molecule has 2 heterocycles. The number of hydrogen-bond donors (Lipinski definition) is 0. The molecule has 2 fully saturated rings. The highest BCUT2D eigenvalue weighted by atomic mass is 16.5. The molecule has 0 unspecified atom stereocenters. The van der Waals surface area contributed by atoms with Crippen molar-refractivity contribution in [2.45, 2.75) is 12.8 Å². The number of likely N-dealkylation sites (tertiary alicyclic amines) is 2. The number of carbonyl (C=O) groups is 1. The summed E-state index contributed by atoms with van der Waals surface area (Å²) >= 11 is 0. The molecule has 3 rings (SSSR count). The van der Waals surface area contributed by atoms with Crippen molar-refractivity contribution in [3.63, 3.8) is 0 Å². The lowest BCUT2D eigenvalue weighted by Crippen LogP contribution is -2.48. The molecule has 1 aromatic rings. The first-order chi connectivity index (χ1) is 12.6. The summed E-state index contributed by atoms with van der Waals surface area (Å²) in [5, 5.41) is 0. The summed E-state index contributed by atoms with van der Waals surface area (Å²) in [5.41, 5.74) is 0.283. The van der Waals surface area contributed by atoms with E-state index in [2.05, 4.69) is 11.9 Å². The van der Waals surface area contributed by atoms with E-state index in [1.54, 1.807) is 14.2 Å². The van der Waals surface area contributed by atoms with Gasteiger partial charge in [-0.3, -0.25) is 4.79 Å². The molecular formula is C20H30N2O4. The molecule has 0 bridgehead atoms. The minimum absolute atomic E-state index is 0.0420. The Labute approximate surface area is 156 Å². The average molecular weight is 362 g/mol. The summed E-state index contributed by atoms with van der Waals surface area (Å²) < 4.78 is 16.4. The number of hydrogen-bond acceptors (Lipinski definition) is 5. The van der Waals surface area contributed by atoms with Crippen LogP contribution in [-0.2, 0) is 9.53 Å².